The van der Waals surface area contributed by atoms with Gasteiger partial charge in [-0.1, -0.05) is 68.3 Å². The molecule has 212 valence electrons. The number of benzene rings is 4. The zero-order valence-corrected chi connectivity index (χ0v) is 27.9. The number of nitrogens with zero attached hydrogens (tertiary/aromatic N) is 4. The molecule has 0 aliphatic rings. The molecule has 8 heteroatoms. The van der Waals surface area contributed by atoms with Crippen LogP contribution in [0.25, 0.3) is 63.8 Å². The fourth-order valence-corrected chi connectivity index (χ4v) is 7.71. The van der Waals surface area contributed by atoms with E-state index < -0.39 is 0 Å². The summed E-state index contributed by atoms with van der Waals surface area (Å²) in [6.07, 6.45) is 7.33. The third-order valence-corrected chi connectivity index (χ3v) is 9.95. The topological polar surface area (TPSA) is 51.6 Å². The molecule has 4 aromatic heterocycles. The lowest BCUT2D eigenvalue weighted by Gasteiger charge is -2.05. The molecule has 4 heterocycles. The number of hydrogen-bond acceptors (Lipinski definition) is 6. The number of rotatable bonds is 4. The minimum Gasteiger partial charge on any atom is -0.264 e. The van der Waals surface area contributed by atoms with Gasteiger partial charge in [-0.25, -0.2) is 9.97 Å². The van der Waals surface area contributed by atoms with Crippen molar-refractivity contribution in [1.29, 1.82) is 0 Å². The van der Waals surface area contributed by atoms with E-state index in [1.165, 1.54) is 9.40 Å². The van der Waals surface area contributed by atoms with Crippen molar-refractivity contribution in [2.75, 3.05) is 0 Å². The lowest BCUT2D eigenvalue weighted by Crippen LogP contribution is -1.83. The van der Waals surface area contributed by atoms with Crippen LogP contribution in [0.3, 0.4) is 0 Å². The maximum atomic E-state index is 4.74. The summed E-state index contributed by atoms with van der Waals surface area (Å²) >= 11 is 10.6. The highest BCUT2D eigenvalue weighted by atomic mass is 79.9. The Balaban J connectivity index is 0.000000142. The first-order valence-electron chi connectivity index (χ1n) is 13.7. The highest BCUT2D eigenvalue weighted by Gasteiger charge is 2.10. The summed E-state index contributed by atoms with van der Waals surface area (Å²) in [7, 11) is 0. The molecule has 0 spiro atoms. The fourth-order valence-electron chi connectivity index (χ4n) is 4.82. The predicted molar refractivity (Wildman–Crippen MR) is 192 cm³/mol. The van der Waals surface area contributed by atoms with Gasteiger partial charge in [-0.2, -0.15) is 0 Å². The zero-order chi connectivity index (χ0) is 29.9. The molecule has 0 saturated heterocycles. The maximum absolute atomic E-state index is 4.74. The second-order valence-corrected chi connectivity index (χ2v) is 13.8. The van der Waals surface area contributed by atoms with Gasteiger partial charge < -0.3 is 0 Å². The molecule has 0 atom stereocenters. The van der Waals surface area contributed by atoms with Crippen molar-refractivity contribution in [3.63, 3.8) is 0 Å². The second kappa shape index (κ2) is 12.9. The van der Waals surface area contributed by atoms with Crippen LogP contribution in [-0.2, 0) is 0 Å². The van der Waals surface area contributed by atoms with Crippen molar-refractivity contribution >= 4 is 75.0 Å². The van der Waals surface area contributed by atoms with E-state index in [0.717, 1.165) is 63.4 Å². The van der Waals surface area contributed by atoms with Gasteiger partial charge in [0.1, 0.15) is 10.0 Å². The first-order chi connectivity index (χ1) is 21.6. The van der Waals surface area contributed by atoms with Crippen LogP contribution in [0, 0.1) is 0 Å². The average Bonchev–Trinajstić information content (AvgIpc) is 3.71. The minimum absolute atomic E-state index is 1.03. The molecule has 8 rings (SSSR count). The van der Waals surface area contributed by atoms with Crippen molar-refractivity contribution < 1.29 is 0 Å². The van der Waals surface area contributed by atoms with E-state index >= 15 is 0 Å². The van der Waals surface area contributed by atoms with E-state index in [-0.39, 0.29) is 0 Å². The monoisotopic (exact) mass is 732 g/mol. The zero-order valence-electron chi connectivity index (χ0n) is 23.1. The summed E-state index contributed by atoms with van der Waals surface area (Å²) in [6, 6.07) is 37.3. The van der Waals surface area contributed by atoms with Crippen molar-refractivity contribution in [2.24, 2.45) is 0 Å². The molecular formula is C36H22Br2N4S2. The number of pyridine rings is 2. The van der Waals surface area contributed by atoms with E-state index in [0.29, 0.717) is 0 Å². The SMILES string of the molecule is Brc1cc(-c2cccnc2)cc(-c2nc3ccccc3s2)c1.Brc1cc(-c2cccnc2)cc(-c2nc3ccccc3s2)c1. The second-order valence-electron chi connectivity index (χ2n) is 9.91. The predicted octanol–water partition coefficient (Wildman–Crippen LogP) is 11.6. The first-order valence-corrected chi connectivity index (χ1v) is 16.9. The molecule has 4 aromatic carbocycles. The fraction of sp³-hybridized carbons (Fsp3) is 0. The lowest BCUT2D eigenvalue weighted by atomic mass is 10.1. The third-order valence-electron chi connectivity index (χ3n) is 6.87. The van der Waals surface area contributed by atoms with E-state index in [1.54, 1.807) is 35.1 Å². The van der Waals surface area contributed by atoms with Gasteiger partial charge in [-0.05, 0) is 83.9 Å². The van der Waals surface area contributed by atoms with Crippen molar-refractivity contribution in [3.8, 4) is 43.4 Å². The Morgan fingerprint density at radius 3 is 1.27 bits per heavy atom. The van der Waals surface area contributed by atoms with Gasteiger partial charge in [-0.15, -0.1) is 22.7 Å². The molecule has 0 radical (unpaired) electrons. The number of hydrogen-bond donors (Lipinski definition) is 0. The molecule has 0 saturated carbocycles. The summed E-state index contributed by atoms with van der Waals surface area (Å²) in [5.41, 5.74) is 8.81. The van der Waals surface area contributed by atoms with Crippen LogP contribution in [0.1, 0.15) is 0 Å². The van der Waals surface area contributed by atoms with Crippen LogP contribution in [0.15, 0.2) is 143 Å². The molecule has 0 unspecified atom stereocenters. The maximum Gasteiger partial charge on any atom is 0.124 e. The molecule has 0 aliphatic heterocycles. The van der Waals surface area contributed by atoms with Crippen LogP contribution >= 0.6 is 54.5 Å². The average molecular weight is 735 g/mol. The molecular weight excluding hydrogens is 712 g/mol. The highest BCUT2D eigenvalue weighted by molar-refractivity contribution is 9.10. The number of aromatic nitrogens is 4. The molecule has 0 aliphatic carbocycles. The Kier molecular flexibility index (Phi) is 8.39. The molecule has 44 heavy (non-hydrogen) atoms. The number of halogens is 2. The molecule has 0 bridgehead atoms. The molecule has 0 amide bonds. The van der Waals surface area contributed by atoms with Gasteiger partial charge in [-0.3, -0.25) is 9.97 Å². The summed E-state index contributed by atoms with van der Waals surface area (Å²) in [5.74, 6) is 0. The quantitative estimate of drug-likeness (QED) is 0.181. The normalized spacial score (nSPS) is 11.0. The Morgan fingerprint density at radius 2 is 0.864 bits per heavy atom. The molecule has 8 aromatic rings. The van der Waals surface area contributed by atoms with Crippen molar-refractivity contribution in [1.82, 2.24) is 19.9 Å². The first kappa shape index (κ1) is 28.7. The standard InChI is InChI=1S/2C18H11BrN2S/c2*19-15-9-13(12-4-3-7-20-11-12)8-14(10-15)18-21-16-5-1-2-6-17(16)22-18/h2*1-11H. The molecule has 0 fully saturated rings. The lowest BCUT2D eigenvalue weighted by molar-refractivity contribution is 1.33. The minimum atomic E-state index is 1.03. The number of fused-ring (bicyclic) bond motifs is 2. The van der Waals surface area contributed by atoms with Crippen molar-refractivity contribution in [3.05, 3.63) is 143 Å². The Labute approximate surface area is 279 Å². The number of thiazole rings is 2. The highest BCUT2D eigenvalue weighted by Crippen LogP contribution is 2.36. The van der Waals surface area contributed by atoms with E-state index in [1.807, 2.05) is 48.8 Å². The summed E-state index contributed by atoms with van der Waals surface area (Å²) in [6.45, 7) is 0. The van der Waals surface area contributed by atoms with E-state index in [2.05, 4.69) is 115 Å². The van der Waals surface area contributed by atoms with Crippen LogP contribution < -0.4 is 0 Å². The van der Waals surface area contributed by atoms with Crippen LogP contribution in [0.5, 0.6) is 0 Å². The number of para-hydroxylation sites is 2. The van der Waals surface area contributed by atoms with Gasteiger partial charge in [0.05, 0.1) is 20.4 Å². The van der Waals surface area contributed by atoms with Gasteiger partial charge in [0.25, 0.3) is 0 Å². The van der Waals surface area contributed by atoms with Crippen LogP contribution in [-0.4, -0.2) is 19.9 Å². The largest absolute Gasteiger partial charge is 0.264 e. The summed E-state index contributed by atoms with van der Waals surface area (Å²) < 4.78 is 4.51. The summed E-state index contributed by atoms with van der Waals surface area (Å²) in [5, 5.41) is 2.07. The Morgan fingerprint density at radius 1 is 0.432 bits per heavy atom. The molecule has 0 N–H and O–H groups in total. The van der Waals surface area contributed by atoms with Gasteiger partial charge in [0.15, 0.2) is 0 Å². The van der Waals surface area contributed by atoms with Crippen molar-refractivity contribution in [2.45, 2.75) is 0 Å². The molecule has 4 nitrogen and oxygen atoms in total. The summed E-state index contributed by atoms with van der Waals surface area (Å²) in [4.78, 5) is 17.9. The third kappa shape index (κ3) is 6.39. The Bertz CT molecular complexity index is 1990. The van der Waals surface area contributed by atoms with E-state index in [4.69, 9.17) is 9.97 Å². The van der Waals surface area contributed by atoms with Gasteiger partial charge in [0, 0.05) is 56.0 Å². The van der Waals surface area contributed by atoms with E-state index in [9.17, 15) is 0 Å². The smallest absolute Gasteiger partial charge is 0.124 e. The van der Waals surface area contributed by atoms with Gasteiger partial charge in [0.2, 0.25) is 0 Å². The Hall–Kier alpha value is -4.08. The van der Waals surface area contributed by atoms with Crippen LogP contribution in [0.2, 0.25) is 0 Å². The van der Waals surface area contributed by atoms with Crippen LogP contribution in [0.4, 0.5) is 0 Å². The van der Waals surface area contributed by atoms with Gasteiger partial charge >= 0.3 is 0 Å².